The molecule has 1 fully saturated rings. The molecule has 0 aliphatic heterocycles. The Balaban J connectivity index is 0.000000201. The van der Waals surface area contributed by atoms with Crippen LogP contribution in [0.3, 0.4) is 0 Å². The fraction of sp³-hybridized carbons (Fsp3) is 0.375. The van der Waals surface area contributed by atoms with Gasteiger partial charge in [0.25, 0.3) is 18.4 Å². The molecule has 4 aromatic heterocycles. The molecule has 40 heavy (non-hydrogen) atoms. The molecule has 1 saturated carbocycles. The van der Waals surface area contributed by atoms with Gasteiger partial charge in [-0.1, -0.05) is 12.5 Å². The Morgan fingerprint density at radius 3 is 2.20 bits per heavy atom. The summed E-state index contributed by atoms with van der Waals surface area (Å²) in [4.78, 5) is 28.9. The molecule has 0 saturated heterocycles. The number of halogens is 7. The molecule has 1 atom stereocenters. The lowest BCUT2D eigenvalue weighted by Gasteiger charge is -2.24. The second-order valence-electron chi connectivity index (χ2n) is 8.79. The van der Waals surface area contributed by atoms with Gasteiger partial charge in [0.1, 0.15) is 34.4 Å². The fourth-order valence-electron chi connectivity index (χ4n) is 3.87. The van der Waals surface area contributed by atoms with Crippen molar-refractivity contribution in [2.75, 3.05) is 0 Å². The lowest BCUT2D eigenvalue weighted by Crippen LogP contribution is -2.15. The first kappa shape index (κ1) is 28.6. The number of rotatable bonds is 5. The first-order valence-corrected chi connectivity index (χ1v) is 11.7. The maximum atomic E-state index is 12.6. The van der Waals surface area contributed by atoms with Crippen LogP contribution >= 0.6 is 0 Å². The Labute approximate surface area is 220 Å². The Kier molecular flexibility index (Phi) is 8.12. The Bertz CT molecular complexity index is 1560. The van der Waals surface area contributed by atoms with E-state index < -0.39 is 47.7 Å². The number of fused-ring (bicyclic) bond motifs is 1. The lowest BCUT2D eigenvalue weighted by atomic mass is 9.85. The van der Waals surface area contributed by atoms with Crippen LogP contribution in [0.25, 0.3) is 11.0 Å². The summed E-state index contributed by atoms with van der Waals surface area (Å²) in [7, 11) is 0. The molecule has 0 spiro atoms. The van der Waals surface area contributed by atoms with E-state index in [9.17, 15) is 35.5 Å². The number of alkyl halides is 7. The third-order valence-corrected chi connectivity index (χ3v) is 6.23. The van der Waals surface area contributed by atoms with Gasteiger partial charge >= 0.3 is 6.18 Å². The Morgan fingerprint density at radius 2 is 1.73 bits per heavy atom. The van der Waals surface area contributed by atoms with Gasteiger partial charge in [-0.05, 0) is 37.5 Å². The molecule has 1 unspecified atom stereocenters. The summed E-state index contributed by atoms with van der Waals surface area (Å²) >= 11 is 0. The van der Waals surface area contributed by atoms with Crippen molar-refractivity contribution in [2.45, 2.75) is 57.2 Å². The summed E-state index contributed by atoms with van der Waals surface area (Å²) in [5.74, 6) is 0.107. The van der Waals surface area contributed by atoms with Gasteiger partial charge in [0.15, 0.2) is 11.3 Å². The molecule has 0 bridgehead atoms. The normalized spacial score (nSPS) is 14.5. The molecule has 0 aromatic carbocycles. The first-order valence-electron chi connectivity index (χ1n) is 11.7. The van der Waals surface area contributed by atoms with Crippen molar-refractivity contribution in [1.82, 2.24) is 34.7 Å². The average molecular weight is 568 g/mol. The lowest BCUT2D eigenvalue weighted by molar-refractivity contribution is -0.141. The van der Waals surface area contributed by atoms with E-state index in [4.69, 9.17) is 5.26 Å². The van der Waals surface area contributed by atoms with Gasteiger partial charge in [0.05, 0.1) is 12.4 Å². The summed E-state index contributed by atoms with van der Waals surface area (Å²) in [6.45, 7) is 1.65. The highest BCUT2D eigenvalue weighted by molar-refractivity contribution is 5.79. The van der Waals surface area contributed by atoms with E-state index in [1.807, 2.05) is 6.07 Å². The minimum Gasteiger partial charge on any atom is -0.312 e. The minimum atomic E-state index is -4.52. The third-order valence-electron chi connectivity index (χ3n) is 6.23. The van der Waals surface area contributed by atoms with Gasteiger partial charge < -0.3 is 4.98 Å². The van der Waals surface area contributed by atoms with Crippen molar-refractivity contribution in [3.63, 3.8) is 0 Å². The molecular formula is C24H19F7N8O. The maximum absolute atomic E-state index is 12.6. The van der Waals surface area contributed by atoms with Crippen LogP contribution in [0.4, 0.5) is 30.7 Å². The van der Waals surface area contributed by atoms with Crippen LogP contribution < -0.4 is 5.56 Å². The zero-order chi connectivity index (χ0) is 29.2. The number of pyridine rings is 1. The van der Waals surface area contributed by atoms with Crippen LogP contribution in [0.15, 0.2) is 35.5 Å². The second kappa shape index (κ2) is 11.4. The number of aromatic amines is 1. The number of hydrogen-bond acceptors (Lipinski definition) is 7. The Morgan fingerprint density at radius 1 is 1.07 bits per heavy atom. The van der Waals surface area contributed by atoms with Gasteiger partial charge in [-0.2, -0.15) is 23.5 Å². The van der Waals surface area contributed by atoms with Crippen molar-refractivity contribution >= 4 is 11.0 Å². The number of nitrogens with zero attached hydrogens (tertiary/aromatic N) is 7. The van der Waals surface area contributed by atoms with Crippen molar-refractivity contribution in [3.8, 4) is 6.07 Å². The summed E-state index contributed by atoms with van der Waals surface area (Å²) < 4.78 is 88.8. The number of aromatic nitrogens is 7. The molecule has 0 radical (unpaired) electrons. The molecule has 0 amide bonds. The highest BCUT2D eigenvalue weighted by Gasteiger charge is 2.32. The van der Waals surface area contributed by atoms with Gasteiger partial charge in [-0.3, -0.25) is 9.78 Å². The quantitative estimate of drug-likeness (QED) is 0.309. The van der Waals surface area contributed by atoms with Crippen LogP contribution in [0.2, 0.25) is 0 Å². The van der Waals surface area contributed by atoms with E-state index in [1.54, 1.807) is 6.92 Å². The number of hydrogen-bond donors (Lipinski definition) is 1. The van der Waals surface area contributed by atoms with E-state index in [-0.39, 0.29) is 28.5 Å². The highest BCUT2D eigenvalue weighted by atomic mass is 19.4. The number of nitriles is 1. The molecule has 4 aromatic rings. The number of H-pyrrole nitrogens is 1. The number of nitrogens with one attached hydrogen (secondary N) is 1. The predicted molar refractivity (Wildman–Crippen MR) is 124 cm³/mol. The largest absolute Gasteiger partial charge is 0.433 e. The van der Waals surface area contributed by atoms with E-state index in [0.717, 1.165) is 31.5 Å². The summed E-state index contributed by atoms with van der Waals surface area (Å²) in [5.41, 5.74) is -2.23. The minimum absolute atomic E-state index is 0.0313. The molecular weight excluding hydrogens is 549 g/mol. The topological polar surface area (TPSA) is 126 Å². The molecule has 1 N–H and O–H groups in total. The molecule has 16 heteroatoms. The van der Waals surface area contributed by atoms with Crippen LogP contribution in [0.1, 0.15) is 85.2 Å². The molecule has 210 valence electrons. The molecule has 5 rings (SSSR count). The third kappa shape index (κ3) is 5.92. The maximum Gasteiger partial charge on any atom is 0.433 e. The van der Waals surface area contributed by atoms with Gasteiger partial charge in [-0.15, -0.1) is 0 Å². The zero-order valence-corrected chi connectivity index (χ0v) is 20.5. The summed E-state index contributed by atoms with van der Waals surface area (Å²) in [5, 5.41) is 13.2. The van der Waals surface area contributed by atoms with E-state index in [2.05, 4.69) is 30.0 Å². The summed E-state index contributed by atoms with van der Waals surface area (Å²) in [6, 6.07) is 4.05. The monoisotopic (exact) mass is 568 g/mol. The summed E-state index contributed by atoms with van der Waals surface area (Å²) in [6.07, 6.45) is -5.40. The van der Waals surface area contributed by atoms with Crippen molar-refractivity contribution < 1.29 is 30.7 Å². The van der Waals surface area contributed by atoms with Gasteiger partial charge in [0, 0.05) is 12.1 Å². The fourth-order valence-corrected chi connectivity index (χ4v) is 3.87. The molecule has 1 aliphatic rings. The standard InChI is InChI=1S/C14H9F3N6O.C10H10F4N2/c1-7(8-2-3-10(19-5-8)14(15,16)17)23-12-11(9(4-18)22-23)13(24)21-6-20-12;11-8(12)6-4-7(9(13)14)16-10(15-6)5-2-1-3-5/h2-3,5-7H,1H3,(H,20,21,24);4-5,8-9H,1-3H2. The van der Waals surface area contributed by atoms with Gasteiger partial charge in [0.2, 0.25) is 0 Å². The Hall–Kier alpha value is -4.42. The van der Waals surface area contributed by atoms with Crippen LogP contribution in [0, 0.1) is 11.3 Å². The van der Waals surface area contributed by atoms with Crippen LogP contribution in [-0.2, 0) is 6.18 Å². The SMILES string of the molecule is CC(c1ccc(C(F)(F)F)nc1)n1nc(C#N)c2c(=O)[nH]cnc21.FC(F)c1cc(C(F)F)nc(C2CCC2)n1. The first-order chi connectivity index (χ1) is 18.9. The molecule has 4 heterocycles. The molecule has 1 aliphatic carbocycles. The van der Waals surface area contributed by atoms with Crippen molar-refractivity contribution in [1.29, 1.82) is 5.26 Å². The van der Waals surface area contributed by atoms with E-state index >= 15 is 0 Å². The van der Waals surface area contributed by atoms with Crippen molar-refractivity contribution in [2.24, 2.45) is 0 Å². The smallest absolute Gasteiger partial charge is 0.312 e. The van der Waals surface area contributed by atoms with Gasteiger partial charge in [-0.25, -0.2) is 37.2 Å². The predicted octanol–water partition coefficient (Wildman–Crippen LogP) is 5.63. The highest BCUT2D eigenvalue weighted by Crippen LogP contribution is 2.36. The van der Waals surface area contributed by atoms with Crippen molar-refractivity contribution in [3.05, 3.63) is 75.2 Å². The van der Waals surface area contributed by atoms with Crippen LogP contribution in [0.5, 0.6) is 0 Å². The molecule has 9 nitrogen and oxygen atoms in total. The van der Waals surface area contributed by atoms with Crippen LogP contribution in [-0.4, -0.2) is 34.7 Å². The second-order valence-corrected chi connectivity index (χ2v) is 8.79. The average Bonchev–Trinajstić information content (AvgIpc) is 3.27. The van der Waals surface area contributed by atoms with E-state index in [1.165, 1.54) is 17.1 Å². The van der Waals surface area contributed by atoms with E-state index in [0.29, 0.717) is 11.6 Å². The zero-order valence-electron chi connectivity index (χ0n) is 20.5.